The number of aryl methyl sites for hydroxylation is 1. The summed E-state index contributed by atoms with van der Waals surface area (Å²) in [5, 5.41) is 2.86. The number of carbonyl (C=O) groups is 1. The Morgan fingerprint density at radius 1 is 0.936 bits per heavy atom. The zero-order chi connectivity index (χ0) is 33.2. The number of hydrogen-bond donors (Lipinski definition) is 2. The lowest BCUT2D eigenvalue weighted by atomic mass is 9.93. The van der Waals surface area contributed by atoms with Crippen molar-refractivity contribution < 1.29 is 26.7 Å². The van der Waals surface area contributed by atoms with Crippen LogP contribution in [0.3, 0.4) is 0 Å². The topological polar surface area (TPSA) is 117 Å². The number of amides is 1. The summed E-state index contributed by atoms with van der Waals surface area (Å²) in [5.74, 6) is -2.58. The van der Waals surface area contributed by atoms with E-state index in [1.807, 2.05) is 30.3 Å². The van der Waals surface area contributed by atoms with Gasteiger partial charge in [0.05, 0.1) is 35.1 Å². The van der Waals surface area contributed by atoms with Crippen molar-refractivity contribution in [1.29, 1.82) is 0 Å². The molecule has 1 aliphatic carbocycles. The van der Waals surface area contributed by atoms with Gasteiger partial charge in [0, 0.05) is 50.8 Å². The van der Waals surface area contributed by atoms with Crippen molar-refractivity contribution in [2.24, 2.45) is 5.41 Å². The molecule has 3 aliphatic rings. The molecule has 2 saturated heterocycles. The van der Waals surface area contributed by atoms with Gasteiger partial charge in [0.1, 0.15) is 5.82 Å². The fourth-order valence-corrected chi connectivity index (χ4v) is 6.91. The molecule has 2 aliphatic heterocycles. The van der Waals surface area contributed by atoms with Gasteiger partial charge in [0.25, 0.3) is 21.9 Å². The van der Waals surface area contributed by atoms with Gasteiger partial charge in [-0.05, 0) is 61.8 Å². The van der Waals surface area contributed by atoms with Crippen LogP contribution >= 0.6 is 0 Å². The maximum atomic E-state index is 13.8. The van der Waals surface area contributed by atoms with Gasteiger partial charge >= 0.3 is 0 Å². The highest BCUT2D eigenvalue weighted by atomic mass is 32.2. The third-order valence-electron chi connectivity index (χ3n) is 9.23. The van der Waals surface area contributed by atoms with Crippen LogP contribution in [0.2, 0.25) is 0 Å². The Morgan fingerprint density at radius 2 is 1.62 bits per heavy atom. The summed E-state index contributed by atoms with van der Waals surface area (Å²) in [6.07, 6.45) is 3.87. The SMILES string of the molecule is C=C(COCc1ccccc1)S(=O)(=O)Nc1ccc(C(=O)Nc2cc(C)nc(N3CCC(F)(F)CC3)n2)c(N2CCC3(CC2)CC3)c1. The number of carbonyl (C=O) groups excluding carboxylic acids is 1. The Bertz CT molecular complexity index is 1730. The molecule has 1 amide bonds. The number of halogens is 2. The van der Waals surface area contributed by atoms with Crippen LogP contribution in [0.25, 0.3) is 0 Å². The summed E-state index contributed by atoms with van der Waals surface area (Å²) in [7, 11) is -3.99. The minimum absolute atomic E-state index is 0.113. The third kappa shape index (κ3) is 8.07. The Labute approximate surface area is 274 Å². The van der Waals surface area contributed by atoms with Crippen molar-refractivity contribution in [3.63, 3.8) is 0 Å². The molecule has 6 rings (SSSR count). The molecule has 3 heterocycles. The first-order chi connectivity index (χ1) is 22.4. The lowest BCUT2D eigenvalue weighted by Crippen LogP contribution is -2.40. The van der Waals surface area contributed by atoms with Crippen molar-refractivity contribution in [3.05, 3.63) is 82.9 Å². The molecule has 1 spiro atoms. The molecule has 0 atom stereocenters. The molecule has 3 fully saturated rings. The highest BCUT2D eigenvalue weighted by Gasteiger charge is 2.44. The summed E-state index contributed by atoms with van der Waals surface area (Å²) in [5.41, 5.74) is 3.17. The number of hydrogen-bond acceptors (Lipinski definition) is 8. The Balaban J connectivity index is 1.19. The van der Waals surface area contributed by atoms with Crippen LogP contribution < -0.4 is 19.8 Å². The number of sulfonamides is 1. The fourth-order valence-electron chi connectivity index (χ4n) is 6.09. The van der Waals surface area contributed by atoms with E-state index in [-0.39, 0.29) is 49.9 Å². The smallest absolute Gasteiger partial charge is 0.259 e. The van der Waals surface area contributed by atoms with E-state index in [0.29, 0.717) is 34.0 Å². The summed E-state index contributed by atoms with van der Waals surface area (Å²) in [4.78, 5) is 26.4. The number of rotatable bonds is 11. The Morgan fingerprint density at radius 3 is 2.30 bits per heavy atom. The monoisotopic (exact) mass is 666 g/mol. The van der Waals surface area contributed by atoms with Gasteiger partial charge in [-0.1, -0.05) is 36.9 Å². The number of aromatic nitrogens is 2. The minimum Gasteiger partial charge on any atom is -0.371 e. The summed E-state index contributed by atoms with van der Waals surface area (Å²) in [6, 6.07) is 15.9. The average Bonchev–Trinajstić information content (AvgIpc) is 3.79. The first-order valence-corrected chi connectivity index (χ1v) is 17.4. The molecule has 13 heteroatoms. The molecule has 1 aromatic heterocycles. The molecule has 0 bridgehead atoms. The molecular formula is C34H40F2N6O4S. The van der Waals surface area contributed by atoms with Crippen LogP contribution in [0, 0.1) is 12.3 Å². The number of piperidine rings is 2. The normalized spacial score (nSPS) is 18.5. The van der Waals surface area contributed by atoms with E-state index in [2.05, 4.69) is 31.5 Å². The predicted octanol–water partition coefficient (Wildman–Crippen LogP) is 6.13. The molecule has 2 N–H and O–H groups in total. The van der Waals surface area contributed by atoms with Gasteiger partial charge in [0.2, 0.25) is 5.95 Å². The Hall–Kier alpha value is -4.10. The zero-order valence-electron chi connectivity index (χ0n) is 26.5. The second-order valence-corrected chi connectivity index (χ2v) is 14.6. The number of alkyl halides is 2. The molecule has 3 aromatic rings. The van der Waals surface area contributed by atoms with E-state index in [1.54, 1.807) is 36.1 Å². The van der Waals surface area contributed by atoms with Gasteiger partial charge in [-0.15, -0.1) is 0 Å². The molecule has 10 nitrogen and oxygen atoms in total. The molecule has 2 aromatic carbocycles. The van der Waals surface area contributed by atoms with Crippen molar-refractivity contribution in [3.8, 4) is 0 Å². The Kier molecular flexibility index (Phi) is 9.21. The van der Waals surface area contributed by atoms with Crippen LogP contribution in [0.5, 0.6) is 0 Å². The summed E-state index contributed by atoms with van der Waals surface area (Å²) >= 11 is 0. The standard InChI is InChI=1S/C34H40F2N6O4S/c1-24-20-30(39-32(37-24)42-18-14-34(35,36)15-19-42)38-31(43)28-9-8-27(21-29(28)41-16-12-33(10-11-33)13-17-41)40-47(44,45)25(2)22-46-23-26-6-4-3-5-7-26/h3-9,20-21,40H,2,10-19,22-23H2,1H3,(H,37,38,39,43). The first kappa shape index (κ1) is 32.8. The molecule has 47 heavy (non-hydrogen) atoms. The van der Waals surface area contributed by atoms with E-state index in [4.69, 9.17) is 4.74 Å². The average molecular weight is 667 g/mol. The van der Waals surface area contributed by atoms with E-state index in [1.165, 1.54) is 12.8 Å². The minimum atomic E-state index is -3.99. The highest BCUT2D eigenvalue weighted by Crippen LogP contribution is 2.54. The highest BCUT2D eigenvalue weighted by molar-refractivity contribution is 7.96. The fraction of sp³-hybridized carbons (Fsp3) is 0.441. The molecule has 0 unspecified atom stereocenters. The lowest BCUT2D eigenvalue weighted by molar-refractivity contribution is -0.0222. The zero-order valence-corrected chi connectivity index (χ0v) is 27.3. The van der Waals surface area contributed by atoms with E-state index in [9.17, 15) is 22.0 Å². The number of anilines is 4. The predicted molar refractivity (Wildman–Crippen MR) is 178 cm³/mol. The largest absolute Gasteiger partial charge is 0.371 e. The maximum absolute atomic E-state index is 13.8. The number of nitrogens with zero attached hydrogens (tertiary/aromatic N) is 4. The quantitative estimate of drug-likeness (QED) is 0.251. The van der Waals surface area contributed by atoms with Crippen LogP contribution in [0.4, 0.5) is 31.9 Å². The van der Waals surface area contributed by atoms with Crippen molar-refractivity contribution in [2.75, 3.05) is 52.6 Å². The van der Waals surface area contributed by atoms with E-state index in [0.717, 1.165) is 31.5 Å². The van der Waals surface area contributed by atoms with Crippen molar-refractivity contribution in [1.82, 2.24) is 9.97 Å². The van der Waals surface area contributed by atoms with Gasteiger partial charge in [-0.3, -0.25) is 9.52 Å². The van der Waals surface area contributed by atoms with Gasteiger partial charge in [-0.2, -0.15) is 4.98 Å². The van der Waals surface area contributed by atoms with Crippen LogP contribution in [-0.2, 0) is 21.4 Å². The van der Waals surface area contributed by atoms with Crippen molar-refractivity contribution >= 4 is 39.1 Å². The summed E-state index contributed by atoms with van der Waals surface area (Å²) in [6.45, 7) is 7.29. The molecule has 250 valence electrons. The molecular weight excluding hydrogens is 626 g/mol. The van der Waals surface area contributed by atoms with Crippen LogP contribution in [-0.4, -0.2) is 63.0 Å². The van der Waals surface area contributed by atoms with E-state index >= 15 is 0 Å². The number of benzene rings is 2. The lowest BCUT2D eigenvalue weighted by Gasteiger charge is -2.35. The van der Waals surface area contributed by atoms with Crippen LogP contribution in [0.1, 0.15) is 60.1 Å². The second kappa shape index (κ2) is 13.2. The van der Waals surface area contributed by atoms with Gasteiger partial charge in [-0.25, -0.2) is 22.2 Å². The molecule has 0 radical (unpaired) electrons. The molecule has 1 saturated carbocycles. The second-order valence-electron chi connectivity index (χ2n) is 12.8. The third-order valence-corrected chi connectivity index (χ3v) is 10.6. The van der Waals surface area contributed by atoms with Gasteiger partial charge < -0.3 is 19.9 Å². The maximum Gasteiger partial charge on any atom is 0.259 e. The first-order valence-electron chi connectivity index (χ1n) is 15.9. The van der Waals surface area contributed by atoms with Crippen molar-refractivity contribution in [2.45, 2.75) is 58.0 Å². The van der Waals surface area contributed by atoms with Crippen LogP contribution in [0.15, 0.2) is 66.1 Å². The summed E-state index contributed by atoms with van der Waals surface area (Å²) < 4.78 is 62.0. The number of ether oxygens (including phenoxy) is 1. The van der Waals surface area contributed by atoms with E-state index < -0.39 is 21.9 Å². The number of nitrogens with one attached hydrogen (secondary N) is 2. The van der Waals surface area contributed by atoms with Gasteiger partial charge in [0.15, 0.2) is 0 Å².